The van der Waals surface area contributed by atoms with E-state index in [0.29, 0.717) is 41.8 Å². The summed E-state index contributed by atoms with van der Waals surface area (Å²) in [6.45, 7) is 2.37. The van der Waals surface area contributed by atoms with Crippen LogP contribution in [0.4, 0.5) is 10.1 Å². The Hall–Kier alpha value is -4.45. The fourth-order valence-electron chi connectivity index (χ4n) is 6.24. The van der Waals surface area contributed by atoms with Gasteiger partial charge in [0.2, 0.25) is 5.91 Å². The number of anilines is 1. The van der Waals surface area contributed by atoms with E-state index in [9.17, 15) is 27.2 Å². The Morgan fingerprint density at radius 2 is 1.87 bits per heavy atom. The second kappa shape index (κ2) is 12.2. The molecule has 1 unspecified atom stereocenters. The molecule has 3 aliphatic rings. The number of hydrogen-bond donors (Lipinski definition) is 2. The van der Waals surface area contributed by atoms with Gasteiger partial charge in [-0.2, -0.15) is 0 Å². The number of likely N-dealkylation sites (tertiary alicyclic amines) is 1. The van der Waals surface area contributed by atoms with Gasteiger partial charge in [0.1, 0.15) is 6.04 Å². The molecule has 0 radical (unpaired) electrons. The van der Waals surface area contributed by atoms with E-state index in [1.165, 1.54) is 36.3 Å². The first-order chi connectivity index (χ1) is 21.6. The van der Waals surface area contributed by atoms with Gasteiger partial charge in [-0.15, -0.1) is 0 Å². The molecule has 3 aromatic rings. The molecule has 0 spiro atoms. The van der Waals surface area contributed by atoms with Gasteiger partial charge in [-0.25, -0.2) is 12.8 Å². The normalized spacial score (nSPS) is 19.9. The van der Waals surface area contributed by atoms with Crippen LogP contribution in [0.1, 0.15) is 65.3 Å². The van der Waals surface area contributed by atoms with Crippen molar-refractivity contribution in [3.63, 3.8) is 0 Å². The Kier molecular flexibility index (Phi) is 8.25. The summed E-state index contributed by atoms with van der Waals surface area (Å²) in [5.74, 6) is -2.70. The predicted octanol–water partition coefficient (Wildman–Crippen LogP) is 4.32. The van der Waals surface area contributed by atoms with Crippen LogP contribution in [0.2, 0.25) is 0 Å². The monoisotopic (exact) mass is 635 g/mol. The number of carbonyl (C=O) groups is 3. The Balaban J connectivity index is 1.44. The second-order valence-corrected chi connectivity index (χ2v) is 13.6. The maximum Gasteiger partial charge on any atom is 0.311 e. The molecule has 2 amide bonds. The summed E-state index contributed by atoms with van der Waals surface area (Å²) >= 11 is 0. The zero-order valence-electron chi connectivity index (χ0n) is 24.9. The van der Waals surface area contributed by atoms with Crippen molar-refractivity contribution in [2.24, 2.45) is 5.92 Å². The highest BCUT2D eigenvalue weighted by atomic mass is 32.2. The first kappa shape index (κ1) is 30.6. The lowest BCUT2D eigenvalue weighted by molar-refractivity contribution is -0.149. The Morgan fingerprint density at radius 3 is 2.60 bits per heavy atom. The number of methoxy groups -OCH3 is 1. The first-order valence-electron chi connectivity index (χ1n) is 14.9. The Bertz CT molecular complexity index is 1780. The predicted molar refractivity (Wildman–Crippen MR) is 163 cm³/mol. The van der Waals surface area contributed by atoms with Crippen molar-refractivity contribution in [1.82, 2.24) is 10.2 Å². The van der Waals surface area contributed by atoms with Gasteiger partial charge < -0.3 is 25.0 Å². The van der Waals surface area contributed by atoms with E-state index in [-0.39, 0.29) is 36.1 Å². The Morgan fingerprint density at radius 1 is 1.09 bits per heavy atom. The molecule has 12 heteroatoms. The van der Waals surface area contributed by atoms with E-state index >= 15 is 0 Å². The number of hydrogen-bond acceptors (Lipinski definition) is 8. The summed E-state index contributed by atoms with van der Waals surface area (Å²) in [4.78, 5) is 42.0. The SMILES string of the molecule is CCOC(=O)[C@H]1CCN(C(=O)C(Nc2ccc3c(c2)C(=O)NC3)c2ccc(F)c(OC)c2)[C@H]1c1ccccc1S(=O)(=O)C1CC1. The highest BCUT2D eigenvalue weighted by molar-refractivity contribution is 7.92. The van der Waals surface area contributed by atoms with Crippen LogP contribution in [0.15, 0.2) is 65.6 Å². The molecular formula is C33H34FN3O7S. The van der Waals surface area contributed by atoms with E-state index in [2.05, 4.69) is 10.6 Å². The molecule has 2 N–H and O–H groups in total. The number of nitrogens with one attached hydrogen (secondary N) is 2. The minimum Gasteiger partial charge on any atom is -0.494 e. The minimum absolute atomic E-state index is 0.0660. The number of rotatable bonds is 10. The van der Waals surface area contributed by atoms with E-state index in [1.54, 1.807) is 43.3 Å². The average Bonchev–Trinajstić information content (AvgIpc) is 3.72. The van der Waals surface area contributed by atoms with E-state index in [1.807, 2.05) is 0 Å². The molecule has 2 fully saturated rings. The number of carbonyl (C=O) groups excluding carboxylic acids is 3. The van der Waals surface area contributed by atoms with Crippen LogP contribution in [0.5, 0.6) is 5.75 Å². The molecular weight excluding hydrogens is 601 g/mol. The number of amides is 2. The summed E-state index contributed by atoms with van der Waals surface area (Å²) in [5.41, 5.74) is 2.51. The number of sulfone groups is 1. The lowest BCUT2D eigenvalue weighted by atomic mass is 9.93. The quantitative estimate of drug-likeness (QED) is 0.315. The highest BCUT2D eigenvalue weighted by Crippen LogP contribution is 2.45. The fourth-order valence-corrected chi connectivity index (χ4v) is 8.14. The fraction of sp³-hybridized carbons (Fsp3) is 0.364. The smallest absolute Gasteiger partial charge is 0.311 e. The van der Waals surface area contributed by atoms with Gasteiger partial charge in [-0.1, -0.05) is 30.3 Å². The van der Waals surface area contributed by atoms with Gasteiger partial charge in [0.15, 0.2) is 21.4 Å². The lowest BCUT2D eigenvalue weighted by Crippen LogP contribution is -2.40. The summed E-state index contributed by atoms with van der Waals surface area (Å²) < 4.78 is 52.2. The zero-order valence-corrected chi connectivity index (χ0v) is 25.7. The molecule has 10 nitrogen and oxygen atoms in total. The third-order valence-corrected chi connectivity index (χ3v) is 11.0. The highest BCUT2D eigenvalue weighted by Gasteiger charge is 2.48. The molecule has 1 saturated heterocycles. The molecule has 1 saturated carbocycles. The third-order valence-electron chi connectivity index (χ3n) is 8.64. The maximum absolute atomic E-state index is 14.7. The molecule has 6 rings (SSSR count). The molecule has 3 atom stereocenters. The van der Waals surface area contributed by atoms with Crippen molar-refractivity contribution in [2.75, 3.05) is 25.6 Å². The number of fused-ring (bicyclic) bond motifs is 1. The summed E-state index contributed by atoms with van der Waals surface area (Å²) in [5, 5.41) is 5.50. The van der Waals surface area contributed by atoms with Crippen molar-refractivity contribution in [3.8, 4) is 5.75 Å². The lowest BCUT2D eigenvalue weighted by Gasteiger charge is -2.33. The van der Waals surface area contributed by atoms with Crippen molar-refractivity contribution >= 4 is 33.3 Å². The standard InChI is InChI=1S/C33H34FN3O7S/c1-3-44-33(40)24-14-15-37(30(24)23-6-4-5-7-28(23)45(41,42)22-11-12-22)32(39)29(19-9-13-26(34)27(16-19)43-2)36-21-10-8-20-18-35-31(38)25(20)17-21/h4-10,13,16-17,22,24,29-30,36H,3,11-12,14-15,18H2,1-2H3,(H,35,38)/t24-,29?,30-/m0/s1. The third kappa shape index (κ3) is 5.74. The largest absolute Gasteiger partial charge is 0.494 e. The number of halogens is 1. The number of ether oxygens (including phenoxy) is 2. The Labute approximate surface area is 260 Å². The van der Waals surface area contributed by atoms with Crippen molar-refractivity contribution in [3.05, 3.63) is 88.7 Å². The molecule has 1 aliphatic carbocycles. The summed E-state index contributed by atoms with van der Waals surface area (Å²) in [6, 6.07) is 13.7. The number of nitrogens with zero attached hydrogens (tertiary/aromatic N) is 1. The minimum atomic E-state index is -3.69. The van der Waals surface area contributed by atoms with Crippen LogP contribution < -0.4 is 15.4 Å². The van der Waals surface area contributed by atoms with Gasteiger partial charge in [-0.05, 0) is 73.2 Å². The molecule has 45 heavy (non-hydrogen) atoms. The van der Waals surface area contributed by atoms with Gasteiger partial charge in [0.25, 0.3) is 5.91 Å². The molecule has 0 bridgehead atoms. The zero-order chi connectivity index (χ0) is 31.9. The van der Waals surface area contributed by atoms with Crippen molar-refractivity contribution in [2.45, 2.75) is 55.0 Å². The van der Waals surface area contributed by atoms with Gasteiger partial charge >= 0.3 is 5.97 Å². The molecule has 236 valence electrons. The average molecular weight is 636 g/mol. The van der Waals surface area contributed by atoms with Gasteiger partial charge in [-0.3, -0.25) is 14.4 Å². The van der Waals surface area contributed by atoms with Crippen molar-refractivity contribution in [1.29, 1.82) is 0 Å². The second-order valence-electron chi connectivity index (χ2n) is 11.4. The van der Waals surface area contributed by atoms with E-state index < -0.39 is 50.8 Å². The topological polar surface area (TPSA) is 131 Å². The van der Waals surface area contributed by atoms with Crippen LogP contribution >= 0.6 is 0 Å². The van der Waals surface area contributed by atoms with Gasteiger partial charge in [0, 0.05) is 24.3 Å². The van der Waals surface area contributed by atoms with E-state index in [4.69, 9.17) is 9.47 Å². The van der Waals surface area contributed by atoms with Crippen LogP contribution in [-0.2, 0) is 30.7 Å². The summed E-state index contributed by atoms with van der Waals surface area (Å²) in [6.07, 6.45) is 1.37. The molecule has 3 aromatic carbocycles. The molecule has 0 aromatic heterocycles. The number of esters is 1. The molecule has 2 aliphatic heterocycles. The number of benzene rings is 3. The van der Waals surface area contributed by atoms with Crippen LogP contribution in [0, 0.1) is 11.7 Å². The van der Waals surface area contributed by atoms with Crippen LogP contribution in [0.3, 0.4) is 0 Å². The maximum atomic E-state index is 14.7. The van der Waals surface area contributed by atoms with E-state index in [0.717, 1.165) is 5.56 Å². The molecule has 2 heterocycles. The summed E-state index contributed by atoms with van der Waals surface area (Å²) in [7, 11) is -2.37. The van der Waals surface area contributed by atoms with Crippen LogP contribution in [0.25, 0.3) is 0 Å². The van der Waals surface area contributed by atoms with Crippen LogP contribution in [-0.4, -0.2) is 56.6 Å². The van der Waals surface area contributed by atoms with Crippen molar-refractivity contribution < 1.29 is 36.7 Å². The van der Waals surface area contributed by atoms with Gasteiger partial charge in [0.05, 0.1) is 35.8 Å². The first-order valence-corrected chi connectivity index (χ1v) is 16.5.